The molecule has 7 nitrogen and oxygen atoms in total. The first-order valence-corrected chi connectivity index (χ1v) is 12.0. The van der Waals surface area contributed by atoms with Crippen molar-refractivity contribution in [3.8, 4) is 0 Å². The molecular weight excluding hydrogens is 438 g/mol. The smallest absolute Gasteiger partial charge is 0.320 e. The van der Waals surface area contributed by atoms with E-state index in [4.69, 9.17) is 4.98 Å². The van der Waals surface area contributed by atoms with Gasteiger partial charge in [-0.25, -0.2) is 9.78 Å². The van der Waals surface area contributed by atoms with Gasteiger partial charge in [0.05, 0.1) is 22.3 Å². The van der Waals surface area contributed by atoms with E-state index in [1.807, 2.05) is 90.2 Å². The van der Waals surface area contributed by atoms with Gasteiger partial charge in [0.2, 0.25) is 0 Å². The van der Waals surface area contributed by atoms with Crippen molar-refractivity contribution in [3.63, 3.8) is 0 Å². The van der Waals surface area contributed by atoms with Crippen LogP contribution in [0, 0.1) is 6.92 Å². The van der Waals surface area contributed by atoms with Gasteiger partial charge in [-0.05, 0) is 49.1 Å². The Morgan fingerprint density at radius 1 is 0.914 bits per heavy atom. The third-order valence-corrected chi connectivity index (χ3v) is 6.62. The number of aryl methyl sites for hydroxylation is 2. The molecule has 0 saturated carbocycles. The highest BCUT2D eigenvalue weighted by molar-refractivity contribution is 6.04. The van der Waals surface area contributed by atoms with Crippen LogP contribution in [0.1, 0.15) is 46.2 Å². The highest BCUT2D eigenvalue weighted by atomic mass is 16.2. The van der Waals surface area contributed by atoms with Crippen molar-refractivity contribution in [3.05, 3.63) is 95.3 Å². The van der Waals surface area contributed by atoms with E-state index in [1.165, 1.54) is 0 Å². The summed E-state index contributed by atoms with van der Waals surface area (Å²) in [6.07, 6.45) is 2.02. The van der Waals surface area contributed by atoms with Crippen LogP contribution < -0.4 is 10.6 Å². The molecule has 2 N–H and O–H groups in total. The number of hydrogen-bond acceptors (Lipinski definition) is 3. The number of para-hydroxylation sites is 3. The van der Waals surface area contributed by atoms with E-state index in [9.17, 15) is 9.59 Å². The van der Waals surface area contributed by atoms with Gasteiger partial charge in [-0.15, -0.1) is 0 Å². The van der Waals surface area contributed by atoms with E-state index >= 15 is 0 Å². The number of amides is 3. The van der Waals surface area contributed by atoms with E-state index < -0.39 is 12.1 Å². The zero-order valence-corrected chi connectivity index (χ0v) is 20.0. The SMILES string of the molecule is Cc1cccc(C(=O)N2CCCC2)c1NC(=O)N[C@@H](c1ccccc1)c1nc2ccccc2n1C. The Bertz CT molecular complexity index is 1370. The number of urea groups is 1. The molecule has 5 rings (SSSR count). The van der Waals surface area contributed by atoms with E-state index in [2.05, 4.69) is 10.6 Å². The van der Waals surface area contributed by atoms with Gasteiger partial charge in [0.15, 0.2) is 0 Å². The van der Waals surface area contributed by atoms with E-state index in [0.29, 0.717) is 11.3 Å². The van der Waals surface area contributed by atoms with Crippen LogP contribution in [0.2, 0.25) is 0 Å². The Labute approximate surface area is 204 Å². The number of nitrogens with zero attached hydrogens (tertiary/aromatic N) is 3. The van der Waals surface area contributed by atoms with Crippen molar-refractivity contribution in [2.45, 2.75) is 25.8 Å². The first-order chi connectivity index (χ1) is 17.0. The Balaban J connectivity index is 1.46. The van der Waals surface area contributed by atoms with Gasteiger partial charge < -0.3 is 20.1 Å². The highest BCUT2D eigenvalue weighted by Crippen LogP contribution is 2.27. The first kappa shape index (κ1) is 22.7. The minimum Gasteiger partial charge on any atom is -0.339 e. The summed E-state index contributed by atoms with van der Waals surface area (Å²) in [5.41, 5.74) is 4.66. The number of anilines is 1. The summed E-state index contributed by atoms with van der Waals surface area (Å²) in [5, 5.41) is 6.08. The van der Waals surface area contributed by atoms with Crippen LogP contribution in [0.15, 0.2) is 72.8 Å². The van der Waals surface area contributed by atoms with Gasteiger partial charge in [0.25, 0.3) is 5.91 Å². The molecule has 0 spiro atoms. The summed E-state index contributed by atoms with van der Waals surface area (Å²) in [6.45, 7) is 3.40. The van der Waals surface area contributed by atoms with Crippen molar-refractivity contribution in [1.82, 2.24) is 19.8 Å². The summed E-state index contributed by atoms with van der Waals surface area (Å²) in [7, 11) is 1.95. The number of imidazole rings is 1. The number of carbonyl (C=O) groups excluding carboxylic acids is 2. The molecule has 0 bridgehead atoms. The van der Waals surface area contributed by atoms with E-state index in [0.717, 1.165) is 53.9 Å². The van der Waals surface area contributed by atoms with E-state index in [1.54, 1.807) is 6.07 Å². The zero-order chi connectivity index (χ0) is 24.4. The number of carbonyl (C=O) groups is 2. The molecule has 2 heterocycles. The Hall–Kier alpha value is -4.13. The van der Waals surface area contributed by atoms with Crippen LogP contribution in [-0.4, -0.2) is 39.5 Å². The highest BCUT2D eigenvalue weighted by Gasteiger charge is 2.26. The molecule has 3 aromatic carbocycles. The third-order valence-electron chi connectivity index (χ3n) is 6.62. The Kier molecular flexibility index (Phi) is 6.23. The average molecular weight is 468 g/mol. The number of likely N-dealkylation sites (tertiary alicyclic amines) is 1. The topological polar surface area (TPSA) is 79.3 Å². The minimum absolute atomic E-state index is 0.0449. The van der Waals surface area contributed by atoms with Gasteiger partial charge in [-0.1, -0.05) is 54.6 Å². The number of fused-ring (bicyclic) bond motifs is 1. The predicted molar refractivity (Wildman–Crippen MR) is 137 cm³/mol. The molecule has 1 saturated heterocycles. The molecule has 0 radical (unpaired) electrons. The Morgan fingerprint density at radius 3 is 2.37 bits per heavy atom. The van der Waals surface area contributed by atoms with Crippen LogP contribution in [0.5, 0.6) is 0 Å². The van der Waals surface area contributed by atoms with Gasteiger partial charge in [-0.3, -0.25) is 4.79 Å². The lowest BCUT2D eigenvalue weighted by molar-refractivity contribution is 0.0793. The number of nitrogens with one attached hydrogen (secondary N) is 2. The maximum absolute atomic E-state index is 13.4. The molecule has 1 atom stereocenters. The van der Waals surface area contributed by atoms with Crippen molar-refractivity contribution in [2.75, 3.05) is 18.4 Å². The van der Waals surface area contributed by atoms with Gasteiger partial charge in [-0.2, -0.15) is 0 Å². The van der Waals surface area contributed by atoms with Crippen molar-refractivity contribution in [1.29, 1.82) is 0 Å². The maximum Gasteiger partial charge on any atom is 0.320 e. The van der Waals surface area contributed by atoms with Crippen LogP contribution >= 0.6 is 0 Å². The molecule has 35 heavy (non-hydrogen) atoms. The standard InChI is InChI=1S/C28H29N5O2/c1-19-11-10-14-21(27(34)33-17-8-9-18-33)24(19)30-28(35)31-25(20-12-4-3-5-13-20)26-29-22-15-6-7-16-23(22)32(26)2/h3-7,10-16,25H,8-9,17-18H2,1-2H3,(H2,30,31,35)/t25-/m0/s1. The fourth-order valence-corrected chi connectivity index (χ4v) is 4.75. The lowest BCUT2D eigenvalue weighted by Gasteiger charge is -2.22. The monoisotopic (exact) mass is 467 g/mol. The second kappa shape index (κ2) is 9.62. The molecule has 0 unspecified atom stereocenters. The normalized spacial score (nSPS) is 14.2. The molecule has 1 fully saturated rings. The third kappa shape index (κ3) is 4.49. The molecule has 7 heteroatoms. The molecule has 4 aromatic rings. The lowest BCUT2D eigenvalue weighted by atomic mass is 10.1. The number of benzene rings is 3. The summed E-state index contributed by atoms with van der Waals surface area (Å²) in [6, 6.07) is 22.3. The summed E-state index contributed by atoms with van der Waals surface area (Å²) < 4.78 is 2.00. The maximum atomic E-state index is 13.4. The largest absolute Gasteiger partial charge is 0.339 e. The first-order valence-electron chi connectivity index (χ1n) is 12.0. The fourth-order valence-electron chi connectivity index (χ4n) is 4.75. The molecular formula is C28H29N5O2. The average Bonchev–Trinajstić information content (AvgIpc) is 3.53. The molecule has 178 valence electrons. The molecule has 3 amide bonds. The quantitative estimate of drug-likeness (QED) is 0.432. The Morgan fingerprint density at radius 2 is 1.63 bits per heavy atom. The second-order valence-electron chi connectivity index (χ2n) is 8.96. The van der Waals surface area contributed by atoms with Gasteiger partial charge in [0.1, 0.15) is 11.9 Å². The van der Waals surface area contributed by atoms with Crippen LogP contribution in [-0.2, 0) is 7.05 Å². The summed E-state index contributed by atoms with van der Waals surface area (Å²) in [4.78, 5) is 33.2. The van der Waals surface area contributed by atoms with Crippen molar-refractivity contribution in [2.24, 2.45) is 7.05 Å². The minimum atomic E-state index is -0.477. The van der Waals surface area contributed by atoms with Crippen LogP contribution in [0.4, 0.5) is 10.5 Å². The lowest BCUT2D eigenvalue weighted by Crippen LogP contribution is -2.36. The number of aromatic nitrogens is 2. The predicted octanol–water partition coefficient (Wildman–Crippen LogP) is 5.03. The van der Waals surface area contributed by atoms with Gasteiger partial charge >= 0.3 is 6.03 Å². The fraction of sp³-hybridized carbons (Fsp3) is 0.250. The second-order valence-corrected chi connectivity index (χ2v) is 8.96. The van der Waals surface area contributed by atoms with Crippen molar-refractivity contribution < 1.29 is 9.59 Å². The summed E-state index contributed by atoms with van der Waals surface area (Å²) >= 11 is 0. The van der Waals surface area contributed by atoms with Crippen LogP contribution in [0.25, 0.3) is 11.0 Å². The number of rotatable bonds is 5. The van der Waals surface area contributed by atoms with E-state index in [-0.39, 0.29) is 5.91 Å². The van der Waals surface area contributed by atoms with Gasteiger partial charge in [0, 0.05) is 20.1 Å². The zero-order valence-electron chi connectivity index (χ0n) is 20.0. The molecule has 1 aliphatic rings. The van der Waals surface area contributed by atoms with Crippen molar-refractivity contribution >= 4 is 28.7 Å². The van der Waals surface area contributed by atoms with Crippen LogP contribution in [0.3, 0.4) is 0 Å². The number of hydrogen-bond donors (Lipinski definition) is 2. The summed E-state index contributed by atoms with van der Waals surface area (Å²) in [5.74, 6) is 0.683. The molecule has 0 aliphatic carbocycles. The molecule has 1 aromatic heterocycles. The molecule has 1 aliphatic heterocycles.